The summed E-state index contributed by atoms with van der Waals surface area (Å²) in [5.41, 5.74) is 16.5. The maximum atomic E-state index is 5.13. The van der Waals surface area contributed by atoms with Gasteiger partial charge in [-0.25, -0.2) is 15.0 Å². The highest BCUT2D eigenvalue weighted by atomic mass is 15.0. The fourth-order valence-electron chi connectivity index (χ4n) is 9.81. The second-order valence-corrected chi connectivity index (χ2v) is 15.0. The van der Waals surface area contributed by atoms with Crippen LogP contribution in [0.25, 0.3) is 78.1 Å². The summed E-state index contributed by atoms with van der Waals surface area (Å²) in [6.45, 7) is 0. The second-order valence-electron chi connectivity index (χ2n) is 15.0. The first-order valence-electron chi connectivity index (χ1n) is 19.4. The summed E-state index contributed by atoms with van der Waals surface area (Å²) in [5.74, 6) is 2.03. The molecule has 4 heteroatoms. The summed E-state index contributed by atoms with van der Waals surface area (Å²) in [6.07, 6.45) is 8.57. The molecular formula is C52H34N4. The SMILES string of the molecule is C1=CC(c2nc(-c3ccccc3)nc(-c3cccc(-n4c5ccccc5c5ccc6c(c54)-c4ccccc4C64c5ccccc5-c5ccccc54)c3)n2)=CCC1. The van der Waals surface area contributed by atoms with Gasteiger partial charge in [-0.1, -0.05) is 164 Å². The number of rotatable bonds is 4. The highest BCUT2D eigenvalue weighted by molar-refractivity contribution is 6.16. The van der Waals surface area contributed by atoms with E-state index in [4.69, 9.17) is 15.0 Å². The largest absolute Gasteiger partial charge is 0.309 e. The first-order valence-corrected chi connectivity index (χ1v) is 19.4. The number of benzene rings is 7. The molecule has 0 saturated carbocycles. The van der Waals surface area contributed by atoms with Crippen molar-refractivity contribution >= 4 is 27.4 Å². The van der Waals surface area contributed by atoms with Crippen molar-refractivity contribution in [1.82, 2.24) is 19.5 Å². The van der Waals surface area contributed by atoms with Crippen molar-refractivity contribution in [1.29, 1.82) is 0 Å². The van der Waals surface area contributed by atoms with Crippen molar-refractivity contribution in [2.24, 2.45) is 0 Å². The molecule has 9 aromatic rings. The Morgan fingerprint density at radius 2 is 1.09 bits per heavy atom. The molecule has 4 nitrogen and oxygen atoms in total. The summed E-state index contributed by atoms with van der Waals surface area (Å²) in [4.78, 5) is 15.2. The van der Waals surface area contributed by atoms with Crippen LogP contribution in [0.15, 0.2) is 182 Å². The second kappa shape index (κ2) is 11.9. The minimum Gasteiger partial charge on any atom is -0.309 e. The van der Waals surface area contributed by atoms with Crippen molar-refractivity contribution in [3.63, 3.8) is 0 Å². The lowest BCUT2D eigenvalue weighted by molar-refractivity contribution is 0.794. The van der Waals surface area contributed by atoms with Gasteiger partial charge >= 0.3 is 0 Å². The van der Waals surface area contributed by atoms with Crippen LogP contribution >= 0.6 is 0 Å². The van der Waals surface area contributed by atoms with Crippen molar-refractivity contribution in [2.45, 2.75) is 18.3 Å². The number of allylic oxidation sites excluding steroid dienone is 4. The van der Waals surface area contributed by atoms with Gasteiger partial charge in [-0.15, -0.1) is 0 Å². The molecule has 0 bridgehead atoms. The first kappa shape index (κ1) is 31.2. The Bertz CT molecular complexity index is 3100. The van der Waals surface area contributed by atoms with Gasteiger partial charge < -0.3 is 4.57 Å². The molecule has 0 unspecified atom stereocenters. The topological polar surface area (TPSA) is 43.6 Å². The van der Waals surface area contributed by atoms with Crippen LogP contribution in [0.2, 0.25) is 0 Å². The number of fused-ring (bicyclic) bond motifs is 14. The standard InChI is InChI=1S/C52H34N4/c1-3-16-33(17-4-1)49-53-50(34-18-5-2-6-19-34)55-51(54-49)35-20-15-21-36(32-35)56-46-29-14-10-24-39(46)40-30-31-45-47(48(40)56)41-25-9-13-28-44(41)52(45)42-26-11-7-22-37(42)38-23-8-12-27-43(38)52/h1,3-5,7-32H,2,6H2. The van der Waals surface area contributed by atoms with E-state index in [0.29, 0.717) is 17.5 Å². The Morgan fingerprint density at radius 1 is 0.464 bits per heavy atom. The molecule has 262 valence electrons. The molecule has 3 aliphatic rings. The van der Waals surface area contributed by atoms with Gasteiger partial charge in [0, 0.05) is 38.7 Å². The Hall–Kier alpha value is -7.17. The molecule has 3 aliphatic carbocycles. The van der Waals surface area contributed by atoms with Crippen LogP contribution < -0.4 is 0 Å². The number of para-hydroxylation sites is 1. The number of nitrogens with zero attached hydrogens (tertiary/aromatic N) is 4. The minimum atomic E-state index is -0.423. The Morgan fingerprint density at radius 3 is 1.84 bits per heavy atom. The van der Waals surface area contributed by atoms with Crippen LogP contribution in [0.4, 0.5) is 0 Å². The van der Waals surface area contributed by atoms with E-state index in [1.54, 1.807) is 0 Å². The van der Waals surface area contributed by atoms with Gasteiger partial charge in [0.1, 0.15) is 0 Å². The van der Waals surface area contributed by atoms with Gasteiger partial charge in [0.05, 0.1) is 16.4 Å². The minimum absolute atomic E-state index is 0.423. The third-order valence-corrected chi connectivity index (χ3v) is 12.1. The van der Waals surface area contributed by atoms with Gasteiger partial charge in [0.15, 0.2) is 17.5 Å². The zero-order valence-electron chi connectivity index (χ0n) is 30.5. The van der Waals surface area contributed by atoms with Crippen LogP contribution in [0, 0.1) is 0 Å². The fourth-order valence-corrected chi connectivity index (χ4v) is 9.81. The van der Waals surface area contributed by atoms with Crippen LogP contribution in [0.1, 0.15) is 40.9 Å². The Labute approximate surface area is 324 Å². The highest BCUT2D eigenvalue weighted by Crippen LogP contribution is 2.64. The molecule has 0 saturated heterocycles. The lowest BCUT2D eigenvalue weighted by atomic mass is 9.70. The maximum Gasteiger partial charge on any atom is 0.164 e. The van der Waals surface area contributed by atoms with Crippen LogP contribution in [0.3, 0.4) is 0 Å². The molecule has 1 spiro atoms. The van der Waals surface area contributed by atoms with E-state index in [1.165, 1.54) is 60.8 Å². The molecular weight excluding hydrogens is 681 g/mol. The molecule has 0 amide bonds. The molecule has 0 atom stereocenters. The van der Waals surface area contributed by atoms with E-state index < -0.39 is 5.41 Å². The van der Waals surface area contributed by atoms with E-state index >= 15 is 0 Å². The molecule has 0 aliphatic heterocycles. The van der Waals surface area contributed by atoms with Gasteiger partial charge in [-0.2, -0.15) is 0 Å². The van der Waals surface area contributed by atoms with Crippen LogP contribution in [-0.2, 0) is 5.41 Å². The van der Waals surface area contributed by atoms with E-state index in [2.05, 4.69) is 168 Å². The van der Waals surface area contributed by atoms with Crippen molar-refractivity contribution in [3.05, 3.63) is 210 Å². The fraction of sp³-hybridized carbons (Fsp3) is 0.0577. The summed E-state index contributed by atoms with van der Waals surface area (Å²) < 4.78 is 2.47. The van der Waals surface area contributed by atoms with E-state index in [9.17, 15) is 0 Å². The van der Waals surface area contributed by atoms with Gasteiger partial charge in [0.25, 0.3) is 0 Å². The predicted molar refractivity (Wildman–Crippen MR) is 228 cm³/mol. The number of hydrogen-bond acceptors (Lipinski definition) is 3. The lowest BCUT2D eigenvalue weighted by Gasteiger charge is -2.30. The summed E-state index contributed by atoms with van der Waals surface area (Å²) in [6, 6.07) is 59.6. The van der Waals surface area contributed by atoms with Crippen molar-refractivity contribution < 1.29 is 0 Å². The molecule has 56 heavy (non-hydrogen) atoms. The smallest absolute Gasteiger partial charge is 0.164 e. The molecule has 2 aromatic heterocycles. The summed E-state index contributed by atoms with van der Waals surface area (Å²) >= 11 is 0. The third kappa shape index (κ3) is 4.27. The zero-order chi connectivity index (χ0) is 36.8. The number of aromatic nitrogens is 4. The monoisotopic (exact) mass is 714 g/mol. The van der Waals surface area contributed by atoms with E-state index in [0.717, 1.165) is 40.7 Å². The average Bonchev–Trinajstić information content (AvgIpc) is 3.89. The number of hydrogen-bond donors (Lipinski definition) is 0. The third-order valence-electron chi connectivity index (χ3n) is 12.1. The quantitative estimate of drug-likeness (QED) is 0.182. The summed E-state index contributed by atoms with van der Waals surface area (Å²) in [7, 11) is 0. The predicted octanol–water partition coefficient (Wildman–Crippen LogP) is 12.4. The maximum absolute atomic E-state index is 5.13. The zero-order valence-corrected chi connectivity index (χ0v) is 30.5. The van der Waals surface area contributed by atoms with Crippen molar-refractivity contribution in [3.8, 4) is 50.7 Å². The Kier molecular flexibility index (Phi) is 6.64. The molecule has 0 radical (unpaired) electrons. The lowest BCUT2D eigenvalue weighted by Crippen LogP contribution is -2.25. The van der Waals surface area contributed by atoms with Gasteiger partial charge in [-0.05, 0) is 70.0 Å². The van der Waals surface area contributed by atoms with Crippen molar-refractivity contribution in [2.75, 3.05) is 0 Å². The molecule has 12 rings (SSSR count). The normalized spacial score (nSPS) is 14.5. The van der Waals surface area contributed by atoms with Crippen LogP contribution in [0.5, 0.6) is 0 Å². The summed E-state index contributed by atoms with van der Waals surface area (Å²) in [5, 5.41) is 2.46. The average molecular weight is 715 g/mol. The molecule has 0 N–H and O–H groups in total. The van der Waals surface area contributed by atoms with Gasteiger partial charge in [0.2, 0.25) is 0 Å². The van der Waals surface area contributed by atoms with E-state index in [1.807, 2.05) is 18.2 Å². The van der Waals surface area contributed by atoms with Crippen LogP contribution in [-0.4, -0.2) is 19.5 Å². The molecule has 0 fully saturated rings. The Balaban J connectivity index is 1.14. The highest BCUT2D eigenvalue weighted by Gasteiger charge is 2.52. The first-order chi connectivity index (χ1) is 27.8. The molecule has 2 heterocycles. The van der Waals surface area contributed by atoms with Gasteiger partial charge in [-0.3, -0.25) is 0 Å². The molecule has 7 aromatic carbocycles. The van der Waals surface area contributed by atoms with E-state index in [-0.39, 0.29) is 0 Å².